The summed E-state index contributed by atoms with van der Waals surface area (Å²) in [5.74, 6) is 1.02. The van der Waals surface area contributed by atoms with Gasteiger partial charge in [0.25, 0.3) is 0 Å². The topological polar surface area (TPSA) is 66.6 Å². The second kappa shape index (κ2) is 6.02. The lowest BCUT2D eigenvalue weighted by molar-refractivity contribution is -0.134. The van der Waals surface area contributed by atoms with Crippen LogP contribution in [0.3, 0.4) is 0 Å². The van der Waals surface area contributed by atoms with Crippen molar-refractivity contribution in [1.82, 2.24) is 4.90 Å². The van der Waals surface area contributed by atoms with Crippen LogP contribution in [0.4, 0.5) is 0 Å². The van der Waals surface area contributed by atoms with E-state index in [0.717, 1.165) is 38.8 Å². The van der Waals surface area contributed by atoms with Crippen LogP contribution in [0.25, 0.3) is 0 Å². The van der Waals surface area contributed by atoms with Crippen molar-refractivity contribution < 1.29 is 9.90 Å². The molecule has 2 fully saturated rings. The van der Waals surface area contributed by atoms with Crippen LogP contribution in [0.15, 0.2) is 0 Å². The molecule has 0 spiro atoms. The normalized spacial score (nSPS) is 31.6. The van der Waals surface area contributed by atoms with Gasteiger partial charge in [-0.3, -0.25) is 4.79 Å². The Kier molecular flexibility index (Phi) is 4.62. The molecule has 0 aromatic rings. The van der Waals surface area contributed by atoms with Gasteiger partial charge in [-0.1, -0.05) is 6.42 Å². The van der Waals surface area contributed by atoms with E-state index in [1.807, 2.05) is 11.8 Å². The summed E-state index contributed by atoms with van der Waals surface area (Å²) in [6, 6.07) is 0.226. The van der Waals surface area contributed by atoms with Crippen molar-refractivity contribution in [1.29, 1.82) is 0 Å². The molecule has 1 saturated carbocycles. The summed E-state index contributed by atoms with van der Waals surface area (Å²) >= 11 is 0. The molecule has 18 heavy (non-hydrogen) atoms. The number of carbonyl (C=O) groups is 1. The molecule has 1 unspecified atom stereocenters. The Morgan fingerprint density at radius 1 is 1.33 bits per heavy atom. The number of amides is 1. The van der Waals surface area contributed by atoms with E-state index < -0.39 is 0 Å². The van der Waals surface area contributed by atoms with Gasteiger partial charge in [0.05, 0.1) is 6.10 Å². The Morgan fingerprint density at radius 3 is 2.50 bits per heavy atom. The molecule has 1 aliphatic carbocycles. The molecule has 3 N–H and O–H groups in total. The summed E-state index contributed by atoms with van der Waals surface area (Å²) < 4.78 is 0. The fourth-order valence-corrected chi connectivity index (χ4v) is 3.30. The lowest BCUT2D eigenvalue weighted by Crippen LogP contribution is -2.42. The van der Waals surface area contributed by atoms with Gasteiger partial charge < -0.3 is 15.7 Å². The number of nitrogens with zero attached hydrogens (tertiary/aromatic N) is 1. The molecule has 1 saturated heterocycles. The molecule has 2 aliphatic rings. The summed E-state index contributed by atoms with van der Waals surface area (Å²) in [6.45, 7) is 3.45. The van der Waals surface area contributed by atoms with Crippen LogP contribution >= 0.6 is 0 Å². The number of likely N-dealkylation sites (tertiary alicyclic amines) is 1. The molecule has 1 amide bonds. The van der Waals surface area contributed by atoms with Crippen molar-refractivity contribution >= 4 is 5.91 Å². The highest BCUT2D eigenvalue weighted by Gasteiger charge is 2.30. The van der Waals surface area contributed by atoms with Crippen molar-refractivity contribution in [3.63, 3.8) is 0 Å². The first-order valence-electron chi connectivity index (χ1n) is 7.29. The van der Waals surface area contributed by atoms with E-state index in [0.29, 0.717) is 18.3 Å². The molecule has 4 heteroatoms. The quantitative estimate of drug-likeness (QED) is 0.793. The molecular formula is C14H26N2O2. The van der Waals surface area contributed by atoms with E-state index in [1.54, 1.807) is 0 Å². The molecule has 3 atom stereocenters. The Hall–Kier alpha value is -0.610. The van der Waals surface area contributed by atoms with Gasteiger partial charge in [0.15, 0.2) is 0 Å². The molecular weight excluding hydrogens is 228 g/mol. The minimum absolute atomic E-state index is 0.226. The molecule has 0 aromatic carbocycles. The highest BCUT2D eigenvalue weighted by atomic mass is 16.3. The van der Waals surface area contributed by atoms with Gasteiger partial charge in [-0.15, -0.1) is 0 Å². The zero-order valence-electron chi connectivity index (χ0n) is 11.3. The summed E-state index contributed by atoms with van der Waals surface area (Å²) in [6.07, 6.45) is 5.59. The average molecular weight is 254 g/mol. The summed E-state index contributed by atoms with van der Waals surface area (Å²) in [7, 11) is 0. The van der Waals surface area contributed by atoms with Gasteiger partial charge >= 0.3 is 0 Å². The van der Waals surface area contributed by atoms with E-state index in [2.05, 4.69) is 0 Å². The zero-order valence-corrected chi connectivity index (χ0v) is 11.3. The first-order valence-corrected chi connectivity index (χ1v) is 7.29. The Labute approximate surface area is 110 Å². The van der Waals surface area contributed by atoms with E-state index >= 15 is 0 Å². The molecule has 4 nitrogen and oxygen atoms in total. The number of aliphatic hydroxyl groups excluding tert-OH is 1. The number of carbonyl (C=O) groups excluding carboxylic acids is 1. The van der Waals surface area contributed by atoms with Gasteiger partial charge in [-0.05, 0) is 44.4 Å². The van der Waals surface area contributed by atoms with Crippen LogP contribution in [0.1, 0.15) is 45.4 Å². The number of aliphatic hydroxyl groups is 1. The maximum atomic E-state index is 12.2. The van der Waals surface area contributed by atoms with Crippen LogP contribution in [0.5, 0.6) is 0 Å². The third kappa shape index (κ3) is 3.23. The Balaban J connectivity index is 1.77. The molecule has 2 rings (SSSR count). The molecule has 1 heterocycles. The van der Waals surface area contributed by atoms with Crippen LogP contribution in [0, 0.1) is 11.8 Å². The van der Waals surface area contributed by atoms with Gasteiger partial charge in [0.2, 0.25) is 5.91 Å². The summed E-state index contributed by atoms with van der Waals surface area (Å²) in [5.41, 5.74) is 6.01. The number of hydrogen-bond donors (Lipinski definition) is 2. The number of piperidine rings is 1. The summed E-state index contributed by atoms with van der Waals surface area (Å²) in [4.78, 5) is 14.1. The predicted octanol–water partition coefficient (Wildman–Crippen LogP) is 1.12. The van der Waals surface area contributed by atoms with Gasteiger partial charge in [-0.2, -0.15) is 0 Å². The minimum Gasteiger partial charge on any atom is -0.393 e. The molecule has 0 radical (unpaired) electrons. The highest BCUT2D eigenvalue weighted by Crippen LogP contribution is 2.28. The fourth-order valence-electron chi connectivity index (χ4n) is 3.30. The number of nitrogens with two attached hydrogens (primary N) is 1. The Morgan fingerprint density at radius 2 is 2.00 bits per heavy atom. The SMILES string of the molecule is CC(O)C1CCN(C(=O)C[C@@H]2CCC[C@H]2N)CC1. The number of rotatable bonds is 3. The van der Waals surface area contributed by atoms with Crippen molar-refractivity contribution in [3.8, 4) is 0 Å². The second-order valence-electron chi connectivity index (χ2n) is 6.02. The third-order valence-electron chi connectivity index (χ3n) is 4.73. The molecule has 0 aromatic heterocycles. The molecule has 104 valence electrons. The van der Waals surface area contributed by atoms with Crippen molar-refractivity contribution in [3.05, 3.63) is 0 Å². The molecule has 0 bridgehead atoms. The number of hydrogen-bond acceptors (Lipinski definition) is 3. The zero-order chi connectivity index (χ0) is 13.1. The van der Waals surface area contributed by atoms with Gasteiger partial charge in [-0.25, -0.2) is 0 Å². The third-order valence-corrected chi connectivity index (χ3v) is 4.73. The standard InChI is InChI=1S/C14H26N2O2/c1-10(17)11-5-7-16(8-6-11)14(18)9-12-3-2-4-13(12)15/h10-13,17H,2-9,15H2,1H3/t10?,12-,13+/m0/s1. The smallest absolute Gasteiger partial charge is 0.222 e. The minimum atomic E-state index is -0.245. The highest BCUT2D eigenvalue weighted by molar-refractivity contribution is 5.76. The van der Waals surface area contributed by atoms with E-state index in [-0.39, 0.29) is 18.1 Å². The van der Waals surface area contributed by atoms with Gasteiger partial charge in [0.1, 0.15) is 0 Å². The lowest BCUT2D eigenvalue weighted by Gasteiger charge is -2.34. The maximum Gasteiger partial charge on any atom is 0.222 e. The van der Waals surface area contributed by atoms with Crippen molar-refractivity contribution in [2.75, 3.05) is 13.1 Å². The molecule has 1 aliphatic heterocycles. The van der Waals surface area contributed by atoms with Crippen molar-refractivity contribution in [2.45, 2.75) is 57.6 Å². The van der Waals surface area contributed by atoms with Crippen LogP contribution < -0.4 is 5.73 Å². The van der Waals surface area contributed by atoms with Crippen LogP contribution in [-0.4, -0.2) is 41.1 Å². The van der Waals surface area contributed by atoms with Crippen molar-refractivity contribution in [2.24, 2.45) is 17.6 Å². The predicted molar refractivity (Wildman–Crippen MR) is 70.9 cm³/mol. The van der Waals surface area contributed by atoms with E-state index in [4.69, 9.17) is 5.73 Å². The second-order valence-corrected chi connectivity index (χ2v) is 6.02. The lowest BCUT2D eigenvalue weighted by atomic mass is 9.91. The fraction of sp³-hybridized carbons (Fsp3) is 0.929. The van der Waals surface area contributed by atoms with Gasteiger partial charge in [0, 0.05) is 25.6 Å². The first-order chi connectivity index (χ1) is 8.58. The average Bonchev–Trinajstić information content (AvgIpc) is 2.75. The van der Waals surface area contributed by atoms with E-state index in [1.165, 1.54) is 6.42 Å². The monoisotopic (exact) mass is 254 g/mol. The Bertz CT molecular complexity index is 286. The summed E-state index contributed by atoms with van der Waals surface area (Å²) in [5, 5.41) is 9.55. The largest absolute Gasteiger partial charge is 0.393 e. The van der Waals surface area contributed by atoms with Crippen LogP contribution in [0.2, 0.25) is 0 Å². The maximum absolute atomic E-state index is 12.2. The van der Waals surface area contributed by atoms with Crippen LogP contribution in [-0.2, 0) is 4.79 Å². The van der Waals surface area contributed by atoms with E-state index in [9.17, 15) is 9.90 Å². The first kappa shape index (κ1) is 13.8.